The number of hydrogen-bond acceptors (Lipinski definition) is 4. The van der Waals surface area contributed by atoms with Crippen LogP contribution >= 0.6 is 0 Å². The van der Waals surface area contributed by atoms with Crippen LogP contribution in [0.25, 0.3) is 0 Å². The van der Waals surface area contributed by atoms with Crippen LogP contribution in [0.5, 0.6) is 5.75 Å². The van der Waals surface area contributed by atoms with Gasteiger partial charge in [0, 0.05) is 11.8 Å². The van der Waals surface area contributed by atoms with Crippen molar-refractivity contribution in [2.45, 2.75) is 20.4 Å². The van der Waals surface area contributed by atoms with Gasteiger partial charge in [0.25, 0.3) is 5.56 Å². The molecule has 2 aromatic rings. The standard InChI is InChI=1S/C12H14N2O3/c1-8-10(9(2)17-13-8)7-14-6-4-5-11(16-3)12(14)15/h4-6H,7H2,1-3H3. The number of ether oxygens (including phenoxy) is 1. The van der Waals surface area contributed by atoms with E-state index in [-0.39, 0.29) is 5.56 Å². The average molecular weight is 234 g/mol. The number of hydrogen-bond donors (Lipinski definition) is 0. The fourth-order valence-corrected chi connectivity index (χ4v) is 1.69. The lowest BCUT2D eigenvalue weighted by Gasteiger charge is -2.06. The van der Waals surface area contributed by atoms with Crippen molar-refractivity contribution in [1.82, 2.24) is 9.72 Å². The van der Waals surface area contributed by atoms with E-state index in [1.165, 1.54) is 7.11 Å². The fourth-order valence-electron chi connectivity index (χ4n) is 1.69. The quantitative estimate of drug-likeness (QED) is 0.807. The van der Waals surface area contributed by atoms with E-state index in [4.69, 9.17) is 9.26 Å². The Morgan fingerprint density at radius 3 is 2.82 bits per heavy atom. The molecule has 5 nitrogen and oxygen atoms in total. The summed E-state index contributed by atoms with van der Waals surface area (Å²) in [5, 5.41) is 3.86. The van der Waals surface area contributed by atoms with Crippen molar-refractivity contribution < 1.29 is 9.26 Å². The van der Waals surface area contributed by atoms with E-state index in [0.29, 0.717) is 12.3 Å². The van der Waals surface area contributed by atoms with E-state index in [2.05, 4.69) is 5.16 Å². The zero-order valence-electron chi connectivity index (χ0n) is 10.1. The van der Waals surface area contributed by atoms with Gasteiger partial charge in [-0.3, -0.25) is 4.79 Å². The molecule has 0 fully saturated rings. The Bertz CT molecular complexity index is 564. The minimum Gasteiger partial charge on any atom is -0.491 e. The van der Waals surface area contributed by atoms with Crippen LogP contribution in [0.4, 0.5) is 0 Å². The molecule has 0 saturated heterocycles. The summed E-state index contributed by atoms with van der Waals surface area (Å²) in [6.45, 7) is 4.13. The Balaban J connectivity index is 2.40. The summed E-state index contributed by atoms with van der Waals surface area (Å²) < 4.78 is 11.6. The van der Waals surface area contributed by atoms with Gasteiger partial charge in [-0.25, -0.2) is 0 Å². The van der Waals surface area contributed by atoms with E-state index >= 15 is 0 Å². The summed E-state index contributed by atoms with van der Waals surface area (Å²) in [6.07, 6.45) is 1.72. The van der Waals surface area contributed by atoms with Gasteiger partial charge in [-0.1, -0.05) is 5.16 Å². The third-order valence-corrected chi connectivity index (χ3v) is 2.71. The van der Waals surface area contributed by atoms with E-state index in [1.807, 2.05) is 13.8 Å². The van der Waals surface area contributed by atoms with Gasteiger partial charge >= 0.3 is 0 Å². The van der Waals surface area contributed by atoms with Crippen LogP contribution in [0.15, 0.2) is 27.6 Å². The number of nitrogens with zero attached hydrogens (tertiary/aromatic N) is 2. The molecule has 0 aliphatic carbocycles. The highest BCUT2D eigenvalue weighted by Gasteiger charge is 2.11. The molecule has 17 heavy (non-hydrogen) atoms. The fraction of sp³-hybridized carbons (Fsp3) is 0.333. The summed E-state index contributed by atoms with van der Waals surface area (Å²) in [5.74, 6) is 1.07. The second-order valence-electron chi connectivity index (χ2n) is 3.81. The monoisotopic (exact) mass is 234 g/mol. The van der Waals surface area contributed by atoms with Gasteiger partial charge in [-0.2, -0.15) is 0 Å². The number of rotatable bonds is 3. The number of aryl methyl sites for hydroxylation is 2. The molecule has 90 valence electrons. The predicted molar refractivity (Wildman–Crippen MR) is 62.3 cm³/mol. The zero-order chi connectivity index (χ0) is 12.4. The smallest absolute Gasteiger partial charge is 0.293 e. The molecule has 0 N–H and O–H groups in total. The van der Waals surface area contributed by atoms with Crippen molar-refractivity contribution in [3.63, 3.8) is 0 Å². The molecule has 2 heterocycles. The predicted octanol–water partition coefficient (Wildman–Crippen LogP) is 1.51. The average Bonchev–Trinajstić information content (AvgIpc) is 2.63. The molecule has 0 aliphatic heterocycles. The molecule has 2 aromatic heterocycles. The van der Waals surface area contributed by atoms with Gasteiger partial charge in [-0.15, -0.1) is 0 Å². The number of pyridine rings is 1. The lowest BCUT2D eigenvalue weighted by atomic mass is 10.2. The SMILES string of the molecule is COc1cccn(Cc2c(C)noc2C)c1=O. The molecule has 0 aliphatic rings. The Kier molecular flexibility index (Phi) is 2.99. The van der Waals surface area contributed by atoms with Crippen LogP contribution in [0.3, 0.4) is 0 Å². The second-order valence-corrected chi connectivity index (χ2v) is 3.81. The van der Waals surface area contributed by atoms with Crippen molar-refractivity contribution >= 4 is 0 Å². The van der Waals surface area contributed by atoms with Crippen LogP contribution < -0.4 is 10.3 Å². The van der Waals surface area contributed by atoms with Crippen LogP contribution in [0, 0.1) is 13.8 Å². The van der Waals surface area contributed by atoms with Crippen LogP contribution in [-0.2, 0) is 6.54 Å². The maximum atomic E-state index is 11.9. The normalized spacial score (nSPS) is 10.5. The van der Waals surface area contributed by atoms with Crippen molar-refractivity contribution in [2.24, 2.45) is 0 Å². The molecule has 0 aromatic carbocycles. The van der Waals surface area contributed by atoms with Gasteiger partial charge in [0.1, 0.15) is 5.76 Å². The molecule has 0 saturated carbocycles. The first-order valence-corrected chi connectivity index (χ1v) is 5.28. The lowest BCUT2D eigenvalue weighted by Crippen LogP contribution is -2.21. The highest BCUT2D eigenvalue weighted by molar-refractivity contribution is 5.23. The van der Waals surface area contributed by atoms with Gasteiger partial charge in [0.15, 0.2) is 5.75 Å². The molecule has 0 unspecified atom stereocenters. The first-order chi connectivity index (χ1) is 8.13. The van der Waals surface area contributed by atoms with Crippen molar-refractivity contribution in [3.05, 3.63) is 45.7 Å². The Morgan fingerprint density at radius 2 is 2.24 bits per heavy atom. The zero-order valence-corrected chi connectivity index (χ0v) is 10.1. The van der Waals surface area contributed by atoms with Crippen molar-refractivity contribution in [3.8, 4) is 5.75 Å². The molecular formula is C12H14N2O3. The van der Waals surface area contributed by atoms with Gasteiger partial charge in [-0.05, 0) is 26.0 Å². The second kappa shape index (κ2) is 4.45. The maximum absolute atomic E-state index is 11.9. The van der Waals surface area contributed by atoms with Gasteiger partial charge in [0.05, 0.1) is 19.3 Å². The van der Waals surface area contributed by atoms with E-state index in [9.17, 15) is 4.79 Å². The molecule has 0 atom stereocenters. The molecule has 2 rings (SSSR count). The minimum absolute atomic E-state index is 0.157. The molecule has 0 bridgehead atoms. The Labute approximate surface area is 98.6 Å². The topological polar surface area (TPSA) is 57.3 Å². The highest BCUT2D eigenvalue weighted by Crippen LogP contribution is 2.13. The summed E-state index contributed by atoms with van der Waals surface area (Å²) in [4.78, 5) is 11.9. The van der Waals surface area contributed by atoms with Crippen molar-refractivity contribution in [2.75, 3.05) is 7.11 Å². The summed E-state index contributed by atoms with van der Waals surface area (Å²) in [7, 11) is 1.48. The summed E-state index contributed by atoms with van der Waals surface area (Å²) in [6, 6.07) is 3.42. The van der Waals surface area contributed by atoms with Crippen molar-refractivity contribution in [1.29, 1.82) is 0 Å². The maximum Gasteiger partial charge on any atom is 0.293 e. The largest absolute Gasteiger partial charge is 0.491 e. The molecular weight excluding hydrogens is 220 g/mol. The molecule has 0 spiro atoms. The third-order valence-electron chi connectivity index (χ3n) is 2.71. The van der Waals surface area contributed by atoms with E-state index in [1.54, 1.807) is 22.9 Å². The van der Waals surface area contributed by atoms with Gasteiger partial charge in [0.2, 0.25) is 0 Å². The third kappa shape index (κ3) is 2.08. The Morgan fingerprint density at radius 1 is 1.47 bits per heavy atom. The van der Waals surface area contributed by atoms with Gasteiger partial charge < -0.3 is 13.8 Å². The number of aromatic nitrogens is 2. The van der Waals surface area contributed by atoms with Crippen LogP contribution in [0.2, 0.25) is 0 Å². The summed E-state index contributed by atoms with van der Waals surface area (Å²) >= 11 is 0. The first kappa shape index (κ1) is 11.4. The van der Waals surface area contributed by atoms with E-state index < -0.39 is 0 Å². The molecule has 5 heteroatoms. The molecule has 0 amide bonds. The van der Waals surface area contributed by atoms with Crippen LogP contribution in [0.1, 0.15) is 17.0 Å². The highest BCUT2D eigenvalue weighted by atomic mass is 16.5. The summed E-state index contributed by atoms with van der Waals surface area (Å²) in [5.41, 5.74) is 1.58. The minimum atomic E-state index is -0.157. The first-order valence-electron chi connectivity index (χ1n) is 5.28. The number of methoxy groups -OCH3 is 1. The Hall–Kier alpha value is -2.04. The lowest BCUT2D eigenvalue weighted by molar-refractivity contribution is 0.391. The van der Waals surface area contributed by atoms with E-state index in [0.717, 1.165) is 17.0 Å². The molecule has 0 radical (unpaired) electrons. The van der Waals surface area contributed by atoms with Crippen LogP contribution in [-0.4, -0.2) is 16.8 Å².